The molecule has 0 bridgehead atoms. The van der Waals surface area contributed by atoms with Crippen molar-refractivity contribution in [3.8, 4) is 0 Å². The van der Waals surface area contributed by atoms with E-state index in [0.29, 0.717) is 35.2 Å². The Kier molecular flexibility index (Phi) is 6.44. The normalized spacial score (nSPS) is 12.2. The maximum Gasteiger partial charge on any atom is 0.225 e. The quantitative estimate of drug-likeness (QED) is 0.447. The molecule has 0 fully saturated rings. The summed E-state index contributed by atoms with van der Waals surface area (Å²) in [5.74, 6) is 1.53. The van der Waals surface area contributed by atoms with Crippen molar-refractivity contribution >= 4 is 28.7 Å². The predicted molar refractivity (Wildman–Crippen MR) is 94.4 cm³/mol. The van der Waals surface area contributed by atoms with Crippen LogP contribution in [0.15, 0.2) is 0 Å². The summed E-state index contributed by atoms with van der Waals surface area (Å²) in [6.07, 6.45) is 0.794. The van der Waals surface area contributed by atoms with E-state index < -0.39 is 6.10 Å². The molecule has 5 N–H and O–H groups in total. The lowest BCUT2D eigenvalue weighted by atomic mass is 10.2. The summed E-state index contributed by atoms with van der Waals surface area (Å²) in [5.41, 5.74) is 2.11. The molecular weight excluding hydrogens is 310 g/mol. The smallest absolute Gasteiger partial charge is 0.225 e. The van der Waals surface area contributed by atoms with E-state index in [4.69, 9.17) is 5.11 Å². The number of fused-ring (bicyclic) bond motifs is 1. The molecule has 0 aliphatic heterocycles. The fourth-order valence-corrected chi connectivity index (χ4v) is 2.16. The van der Waals surface area contributed by atoms with Gasteiger partial charge in [-0.15, -0.1) is 0 Å². The number of hydrogen-bond donors (Lipinski definition) is 5. The molecule has 0 aliphatic carbocycles. The van der Waals surface area contributed by atoms with Crippen molar-refractivity contribution < 1.29 is 10.2 Å². The summed E-state index contributed by atoms with van der Waals surface area (Å²) in [6, 6.07) is 0. The maximum atomic E-state index is 9.47. The number of aliphatic hydroxyl groups is 2. The lowest BCUT2D eigenvalue weighted by Crippen LogP contribution is -2.24. The van der Waals surface area contributed by atoms with Crippen LogP contribution >= 0.6 is 0 Å². The summed E-state index contributed by atoms with van der Waals surface area (Å²) in [4.78, 5) is 17.9. The van der Waals surface area contributed by atoms with Gasteiger partial charge in [-0.2, -0.15) is 4.98 Å². The minimum Gasteiger partial charge on any atom is -0.394 e. The molecule has 2 aromatic heterocycles. The van der Waals surface area contributed by atoms with Gasteiger partial charge in [-0.3, -0.25) is 0 Å². The van der Waals surface area contributed by atoms with Crippen LogP contribution in [-0.4, -0.2) is 63.0 Å². The number of aryl methyl sites for hydroxylation is 1. The molecule has 0 spiro atoms. The van der Waals surface area contributed by atoms with Crippen LogP contribution in [0.3, 0.4) is 0 Å². The second-order valence-corrected chi connectivity index (χ2v) is 5.33. The van der Waals surface area contributed by atoms with Crippen molar-refractivity contribution in [1.29, 1.82) is 0 Å². The second-order valence-electron chi connectivity index (χ2n) is 5.33. The molecule has 0 aromatic carbocycles. The summed E-state index contributed by atoms with van der Waals surface area (Å²) >= 11 is 0. The summed E-state index contributed by atoms with van der Waals surface area (Å²) in [6.45, 7) is 4.70. The van der Waals surface area contributed by atoms with Crippen LogP contribution in [0.1, 0.15) is 26.0 Å². The highest BCUT2D eigenvalue weighted by atomic mass is 16.3. The number of aliphatic hydroxyl groups excluding tert-OH is 2. The van der Waals surface area contributed by atoms with Gasteiger partial charge in [0.25, 0.3) is 0 Å². The molecule has 0 saturated heterocycles. The predicted octanol–water partition coefficient (Wildman–Crippen LogP) is 0.611. The van der Waals surface area contributed by atoms with E-state index in [-0.39, 0.29) is 13.2 Å². The lowest BCUT2D eigenvalue weighted by molar-refractivity contribution is 0.105. The van der Waals surface area contributed by atoms with E-state index >= 15 is 0 Å². The van der Waals surface area contributed by atoms with Crippen LogP contribution in [-0.2, 0) is 6.42 Å². The van der Waals surface area contributed by atoms with Gasteiger partial charge in [-0.1, -0.05) is 13.8 Å². The minimum absolute atomic E-state index is 0.164. The van der Waals surface area contributed by atoms with Gasteiger partial charge in [0.15, 0.2) is 5.82 Å². The molecule has 0 aliphatic rings. The van der Waals surface area contributed by atoms with Gasteiger partial charge in [-0.05, 0) is 12.8 Å². The largest absolute Gasteiger partial charge is 0.394 e. The Morgan fingerprint density at radius 1 is 1.00 bits per heavy atom. The molecule has 9 heteroatoms. The lowest BCUT2D eigenvalue weighted by Gasteiger charge is -2.13. The molecule has 24 heavy (non-hydrogen) atoms. The van der Waals surface area contributed by atoms with Gasteiger partial charge in [0.05, 0.1) is 18.4 Å². The van der Waals surface area contributed by atoms with Crippen molar-refractivity contribution in [1.82, 2.24) is 19.9 Å². The highest BCUT2D eigenvalue weighted by Gasteiger charge is 2.15. The molecule has 132 valence electrons. The zero-order valence-electron chi connectivity index (χ0n) is 14.3. The monoisotopic (exact) mass is 335 g/mol. The first kappa shape index (κ1) is 18.1. The molecule has 0 amide bonds. The Morgan fingerprint density at radius 2 is 1.71 bits per heavy atom. The average molecular weight is 335 g/mol. The van der Waals surface area contributed by atoms with Gasteiger partial charge in [-0.25, -0.2) is 15.0 Å². The fraction of sp³-hybridized carbons (Fsp3) is 0.600. The Bertz CT molecular complexity index is 680. The van der Waals surface area contributed by atoms with Crippen molar-refractivity contribution in [3.63, 3.8) is 0 Å². The standard InChI is InChI=1S/C15H25N7O2/c1-4-6-17-14-20-11-10(5-2)19-15(18-7-9(24)8-23)21-12(11)13(16-3)22-14/h9,23-24H,4-8H2,1-3H3,(H,18,19,21)(H2,16,17,20,22). The molecule has 0 saturated carbocycles. The highest BCUT2D eigenvalue weighted by Crippen LogP contribution is 2.24. The van der Waals surface area contributed by atoms with Gasteiger partial charge in [0.1, 0.15) is 11.0 Å². The Hall–Kier alpha value is -2.26. The summed E-state index contributed by atoms with van der Waals surface area (Å²) < 4.78 is 0. The van der Waals surface area contributed by atoms with Gasteiger partial charge in [0, 0.05) is 20.1 Å². The molecule has 1 atom stereocenters. The first-order valence-corrected chi connectivity index (χ1v) is 8.15. The Morgan fingerprint density at radius 3 is 2.33 bits per heavy atom. The van der Waals surface area contributed by atoms with Crippen molar-refractivity contribution in [2.75, 3.05) is 42.7 Å². The third-order valence-electron chi connectivity index (χ3n) is 3.43. The number of nitrogens with one attached hydrogen (secondary N) is 3. The van der Waals surface area contributed by atoms with Crippen LogP contribution in [0.25, 0.3) is 11.0 Å². The van der Waals surface area contributed by atoms with Crippen molar-refractivity contribution in [3.05, 3.63) is 5.69 Å². The molecule has 2 heterocycles. The van der Waals surface area contributed by atoms with E-state index in [9.17, 15) is 5.11 Å². The van der Waals surface area contributed by atoms with Crippen molar-refractivity contribution in [2.24, 2.45) is 0 Å². The van der Waals surface area contributed by atoms with E-state index in [1.807, 2.05) is 6.92 Å². The van der Waals surface area contributed by atoms with Gasteiger partial charge >= 0.3 is 0 Å². The maximum absolute atomic E-state index is 9.47. The number of hydrogen-bond acceptors (Lipinski definition) is 9. The zero-order chi connectivity index (χ0) is 17.5. The number of nitrogens with zero attached hydrogens (tertiary/aromatic N) is 4. The van der Waals surface area contributed by atoms with E-state index in [0.717, 1.165) is 18.7 Å². The van der Waals surface area contributed by atoms with Crippen LogP contribution in [0.5, 0.6) is 0 Å². The van der Waals surface area contributed by atoms with E-state index in [1.54, 1.807) is 7.05 Å². The van der Waals surface area contributed by atoms with Crippen LogP contribution in [0.4, 0.5) is 17.7 Å². The molecule has 0 radical (unpaired) electrons. The van der Waals surface area contributed by atoms with Gasteiger partial charge < -0.3 is 26.2 Å². The summed E-state index contributed by atoms with van der Waals surface area (Å²) in [5, 5.41) is 27.5. The highest BCUT2D eigenvalue weighted by molar-refractivity contribution is 5.88. The van der Waals surface area contributed by atoms with Gasteiger partial charge in [0.2, 0.25) is 11.9 Å². The molecular formula is C15H25N7O2. The van der Waals surface area contributed by atoms with E-state index in [2.05, 4.69) is 42.8 Å². The number of anilines is 3. The molecule has 2 aromatic rings. The second kappa shape index (κ2) is 8.55. The number of rotatable bonds is 9. The minimum atomic E-state index is -0.866. The Labute approximate surface area is 141 Å². The van der Waals surface area contributed by atoms with Crippen LogP contribution < -0.4 is 16.0 Å². The molecule has 2 rings (SSSR count). The number of aromatic nitrogens is 4. The summed E-state index contributed by atoms with van der Waals surface area (Å²) in [7, 11) is 1.78. The van der Waals surface area contributed by atoms with Crippen LogP contribution in [0, 0.1) is 0 Å². The topological polar surface area (TPSA) is 128 Å². The zero-order valence-corrected chi connectivity index (χ0v) is 14.3. The van der Waals surface area contributed by atoms with Crippen molar-refractivity contribution in [2.45, 2.75) is 32.8 Å². The Balaban J connectivity index is 2.44. The van der Waals surface area contributed by atoms with Crippen LogP contribution in [0.2, 0.25) is 0 Å². The SMILES string of the molecule is CCCNc1nc(NC)c2nc(NCC(O)CO)nc(CC)c2n1. The molecule has 1 unspecified atom stereocenters. The first-order valence-electron chi connectivity index (χ1n) is 8.15. The fourth-order valence-electron chi connectivity index (χ4n) is 2.16. The van der Waals surface area contributed by atoms with E-state index in [1.165, 1.54) is 0 Å². The first-order chi connectivity index (χ1) is 11.6. The average Bonchev–Trinajstić information content (AvgIpc) is 2.62. The third kappa shape index (κ3) is 4.18. The molecule has 9 nitrogen and oxygen atoms in total. The third-order valence-corrected chi connectivity index (χ3v) is 3.43.